The molecule has 22 heavy (non-hydrogen) atoms. The SMILES string of the molecule is NCC(NC(=O)CCSc1ccc2c(c1)OCCO2)C1CC1. The molecule has 0 aromatic heterocycles. The lowest BCUT2D eigenvalue weighted by atomic mass is 10.2. The molecular formula is C16H22N2O3S. The third kappa shape index (κ3) is 4.08. The van der Waals surface area contributed by atoms with Gasteiger partial charge in [-0.05, 0) is 37.0 Å². The average Bonchev–Trinajstić information content (AvgIpc) is 3.37. The van der Waals surface area contributed by atoms with Gasteiger partial charge in [0.15, 0.2) is 11.5 Å². The highest BCUT2D eigenvalue weighted by atomic mass is 32.2. The first-order valence-corrected chi connectivity index (χ1v) is 8.76. The number of carbonyl (C=O) groups is 1. The third-order valence-corrected chi connectivity index (χ3v) is 4.90. The highest BCUT2D eigenvalue weighted by Gasteiger charge is 2.30. The van der Waals surface area contributed by atoms with Gasteiger partial charge < -0.3 is 20.5 Å². The number of rotatable bonds is 7. The van der Waals surface area contributed by atoms with Gasteiger partial charge in [-0.1, -0.05) is 0 Å². The zero-order valence-electron chi connectivity index (χ0n) is 12.5. The van der Waals surface area contributed by atoms with Crippen molar-refractivity contribution in [1.29, 1.82) is 0 Å². The fourth-order valence-electron chi connectivity index (χ4n) is 2.52. The molecule has 1 heterocycles. The van der Waals surface area contributed by atoms with Crippen molar-refractivity contribution in [3.8, 4) is 11.5 Å². The van der Waals surface area contributed by atoms with E-state index in [1.54, 1.807) is 11.8 Å². The second kappa shape index (κ2) is 7.24. The van der Waals surface area contributed by atoms with E-state index >= 15 is 0 Å². The summed E-state index contributed by atoms with van der Waals surface area (Å²) in [5, 5.41) is 3.04. The average molecular weight is 322 g/mol. The van der Waals surface area contributed by atoms with E-state index in [4.69, 9.17) is 15.2 Å². The van der Waals surface area contributed by atoms with Crippen LogP contribution in [0.4, 0.5) is 0 Å². The van der Waals surface area contributed by atoms with Crippen LogP contribution in [0.25, 0.3) is 0 Å². The molecule has 3 N–H and O–H groups in total. The maximum absolute atomic E-state index is 11.9. The summed E-state index contributed by atoms with van der Waals surface area (Å²) in [6.07, 6.45) is 2.88. The van der Waals surface area contributed by atoms with Gasteiger partial charge in [0.05, 0.1) is 0 Å². The molecule has 1 unspecified atom stereocenters. The van der Waals surface area contributed by atoms with Crippen LogP contribution in [0, 0.1) is 5.92 Å². The van der Waals surface area contributed by atoms with Gasteiger partial charge in [-0.2, -0.15) is 0 Å². The molecular weight excluding hydrogens is 300 g/mol. The molecule has 120 valence electrons. The summed E-state index contributed by atoms with van der Waals surface area (Å²) in [6, 6.07) is 6.06. The van der Waals surface area contributed by atoms with E-state index in [9.17, 15) is 4.79 Å². The van der Waals surface area contributed by atoms with Gasteiger partial charge in [0.2, 0.25) is 5.91 Å². The predicted molar refractivity (Wildman–Crippen MR) is 86.5 cm³/mol. The van der Waals surface area contributed by atoms with E-state index in [0.29, 0.717) is 32.1 Å². The van der Waals surface area contributed by atoms with Crippen molar-refractivity contribution in [1.82, 2.24) is 5.32 Å². The van der Waals surface area contributed by atoms with E-state index < -0.39 is 0 Å². The largest absolute Gasteiger partial charge is 0.486 e. The van der Waals surface area contributed by atoms with E-state index in [2.05, 4.69) is 5.32 Å². The van der Waals surface area contributed by atoms with Crippen LogP contribution in [0.1, 0.15) is 19.3 Å². The smallest absolute Gasteiger partial charge is 0.221 e. The quantitative estimate of drug-likeness (QED) is 0.749. The first kappa shape index (κ1) is 15.5. The van der Waals surface area contributed by atoms with Crippen LogP contribution in [0.15, 0.2) is 23.1 Å². The minimum absolute atomic E-state index is 0.0902. The monoisotopic (exact) mass is 322 g/mol. The van der Waals surface area contributed by atoms with Crippen LogP contribution in [0.5, 0.6) is 11.5 Å². The Kier molecular flexibility index (Phi) is 5.10. The number of nitrogens with one attached hydrogen (secondary N) is 1. The van der Waals surface area contributed by atoms with Crippen LogP contribution in [-0.2, 0) is 4.79 Å². The van der Waals surface area contributed by atoms with Crippen molar-refractivity contribution in [3.63, 3.8) is 0 Å². The minimum Gasteiger partial charge on any atom is -0.486 e. The first-order valence-electron chi connectivity index (χ1n) is 7.78. The molecule has 5 nitrogen and oxygen atoms in total. The summed E-state index contributed by atoms with van der Waals surface area (Å²) in [4.78, 5) is 13.0. The van der Waals surface area contributed by atoms with Gasteiger partial charge in [0.25, 0.3) is 0 Å². The summed E-state index contributed by atoms with van der Waals surface area (Å²) >= 11 is 1.65. The third-order valence-electron chi connectivity index (χ3n) is 3.90. The molecule has 1 aliphatic carbocycles. The molecule has 0 radical (unpaired) electrons. The van der Waals surface area contributed by atoms with Crippen molar-refractivity contribution in [2.24, 2.45) is 11.7 Å². The number of carbonyl (C=O) groups excluding carboxylic acids is 1. The number of nitrogens with two attached hydrogens (primary N) is 1. The predicted octanol–water partition coefficient (Wildman–Crippen LogP) is 1.79. The van der Waals surface area contributed by atoms with E-state index in [1.807, 2.05) is 18.2 Å². The van der Waals surface area contributed by atoms with Crippen molar-refractivity contribution < 1.29 is 14.3 Å². The molecule has 3 rings (SSSR count). The first-order chi connectivity index (χ1) is 10.8. The fourth-order valence-corrected chi connectivity index (χ4v) is 3.40. The van der Waals surface area contributed by atoms with Gasteiger partial charge in [-0.15, -0.1) is 11.8 Å². The highest BCUT2D eigenvalue weighted by molar-refractivity contribution is 7.99. The number of hydrogen-bond acceptors (Lipinski definition) is 5. The Hall–Kier alpha value is -1.40. The molecule has 1 aliphatic heterocycles. The zero-order chi connectivity index (χ0) is 15.4. The Bertz CT molecular complexity index is 534. The molecule has 1 aromatic carbocycles. The lowest BCUT2D eigenvalue weighted by Crippen LogP contribution is -2.41. The topological polar surface area (TPSA) is 73.6 Å². The van der Waals surface area contributed by atoms with Crippen LogP contribution in [-0.4, -0.2) is 37.5 Å². The molecule has 1 atom stereocenters. The van der Waals surface area contributed by atoms with Crippen molar-refractivity contribution in [2.75, 3.05) is 25.5 Å². The van der Waals surface area contributed by atoms with E-state index in [1.165, 1.54) is 12.8 Å². The summed E-state index contributed by atoms with van der Waals surface area (Å²) in [7, 11) is 0. The zero-order valence-corrected chi connectivity index (χ0v) is 13.4. The Morgan fingerprint density at radius 3 is 2.82 bits per heavy atom. The van der Waals surface area contributed by atoms with Gasteiger partial charge in [0.1, 0.15) is 13.2 Å². The van der Waals surface area contributed by atoms with Crippen molar-refractivity contribution >= 4 is 17.7 Å². The minimum atomic E-state index is 0.0902. The Morgan fingerprint density at radius 1 is 1.32 bits per heavy atom. The molecule has 1 saturated carbocycles. The molecule has 0 bridgehead atoms. The lowest BCUT2D eigenvalue weighted by Gasteiger charge is -2.18. The number of hydrogen-bond donors (Lipinski definition) is 2. The van der Waals surface area contributed by atoms with Crippen molar-refractivity contribution in [2.45, 2.75) is 30.2 Å². The number of thioether (sulfide) groups is 1. The molecule has 6 heteroatoms. The van der Waals surface area contributed by atoms with Gasteiger partial charge >= 0.3 is 0 Å². The normalized spacial score (nSPS) is 17.9. The Balaban J connectivity index is 1.43. The molecule has 1 aromatic rings. The van der Waals surface area contributed by atoms with Gasteiger partial charge in [-0.3, -0.25) is 4.79 Å². The maximum Gasteiger partial charge on any atom is 0.221 e. The second-order valence-electron chi connectivity index (χ2n) is 5.65. The maximum atomic E-state index is 11.9. The van der Waals surface area contributed by atoms with Crippen molar-refractivity contribution in [3.05, 3.63) is 18.2 Å². The van der Waals surface area contributed by atoms with Crippen LogP contribution in [0.2, 0.25) is 0 Å². The summed E-state index contributed by atoms with van der Waals surface area (Å²) in [5.74, 6) is 3.01. The molecule has 0 saturated heterocycles. The number of fused-ring (bicyclic) bond motifs is 1. The molecule has 0 spiro atoms. The van der Waals surface area contributed by atoms with Crippen LogP contribution in [0.3, 0.4) is 0 Å². The summed E-state index contributed by atoms with van der Waals surface area (Å²) in [6.45, 7) is 1.72. The number of amides is 1. The van der Waals surface area contributed by atoms with Crippen LogP contribution >= 0.6 is 11.8 Å². The second-order valence-corrected chi connectivity index (χ2v) is 6.82. The summed E-state index contributed by atoms with van der Waals surface area (Å²) < 4.78 is 11.1. The van der Waals surface area contributed by atoms with Gasteiger partial charge in [-0.25, -0.2) is 0 Å². The van der Waals surface area contributed by atoms with Gasteiger partial charge in [0, 0.05) is 29.7 Å². The number of benzene rings is 1. The summed E-state index contributed by atoms with van der Waals surface area (Å²) in [5.41, 5.74) is 5.70. The molecule has 1 amide bonds. The standard InChI is InChI=1S/C16H22N2O3S/c17-10-13(11-1-2-11)18-16(19)5-8-22-12-3-4-14-15(9-12)21-7-6-20-14/h3-4,9,11,13H,1-2,5-8,10,17H2,(H,18,19). The molecule has 1 fully saturated rings. The molecule has 2 aliphatic rings. The fraction of sp³-hybridized carbons (Fsp3) is 0.562. The highest BCUT2D eigenvalue weighted by Crippen LogP contribution is 2.34. The van der Waals surface area contributed by atoms with E-state index in [-0.39, 0.29) is 11.9 Å². The number of ether oxygens (including phenoxy) is 2. The van der Waals surface area contributed by atoms with E-state index in [0.717, 1.165) is 22.1 Å². The Labute approximate surface area is 134 Å². The lowest BCUT2D eigenvalue weighted by molar-refractivity contribution is -0.121. The van der Waals surface area contributed by atoms with Crippen LogP contribution < -0.4 is 20.5 Å². The Morgan fingerprint density at radius 2 is 2.09 bits per heavy atom.